The van der Waals surface area contributed by atoms with Gasteiger partial charge in [-0.15, -0.1) is 0 Å². The normalized spacial score (nSPS) is 17.3. The molecule has 2 heteroatoms. The van der Waals surface area contributed by atoms with Crippen LogP contribution in [-0.2, 0) is 6.42 Å². The van der Waals surface area contributed by atoms with Gasteiger partial charge in [-0.2, -0.15) is 0 Å². The van der Waals surface area contributed by atoms with Gasteiger partial charge in [-0.1, -0.05) is 70.2 Å². The number of rotatable bonds is 13. The van der Waals surface area contributed by atoms with E-state index >= 15 is 0 Å². The van der Waals surface area contributed by atoms with Gasteiger partial charge in [0.2, 0.25) is 0 Å². The Bertz CT molecular complexity index is 474. The van der Waals surface area contributed by atoms with Crippen molar-refractivity contribution in [1.82, 2.24) is 10.2 Å². The van der Waals surface area contributed by atoms with Crippen LogP contribution in [0.1, 0.15) is 88.7 Å². The van der Waals surface area contributed by atoms with Gasteiger partial charge in [0, 0.05) is 6.54 Å². The maximum Gasteiger partial charge on any atom is 0.000966 e. The second kappa shape index (κ2) is 13.3. The van der Waals surface area contributed by atoms with E-state index in [1.165, 1.54) is 83.0 Å². The molecule has 1 fully saturated rings. The maximum atomic E-state index is 3.24. The number of piperidine rings is 1. The predicted octanol–water partition coefficient (Wildman–Crippen LogP) is 6.01. The van der Waals surface area contributed by atoms with Crippen LogP contribution in [0.4, 0.5) is 0 Å². The highest BCUT2D eigenvalue weighted by atomic mass is 15.1. The number of nitrogens with one attached hydrogen (secondary N) is 1. The van der Waals surface area contributed by atoms with Crippen LogP contribution in [0.3, 0.4) is 0 Å². The number of nitrogens with zero attached hydrogens (tertiary/aromatic N) is 1. The fourth-order valence-electron chi connectivity index (χ4n) is 4.63. The first-order valence-corrected chi connectivity index (χ1v) is 11.7. The molecule has 1 aromatic rings. The van der Waals surface area contributed by atoms with E-state index in [1.54, 1.807) is 5.56 Å². The fourth-order valence-corrected chi connectivity index (χ4v) is 4.63. The Morgan fingerprint density at radius 2 is 1.70 bits per heavy atom. The van der Waals surface area contributed by atoms with Crippen LogP contribution in [0.25, 0.3) is 0 Å². The molecule has 0 aromatic heterocycles. The Morgan fingerprint density at radius 3 is 2.33 bits per heavy atom. The number of hydrogen-bond acceptors (Lipinski definition) is 2. The van der Waals surface area contributed by atoms with E-state index in [0.29, 0.717) is 0 Å². The zero-order valence-electron chi connectivity index (χ0n) is 18.3. The molecule has 1 aromatic carbocycles. The molecule has 1 heterocycles. The fraction of sp³-hybridized carbons (Fsp3) is 0.760. The first kappa shape index (κ1) is 22.4. The van der Waals surface area contributed by atoms with Crippen molar-refractivity contribution in [1.29, 1.82) is 0 Å². The lowest BCUT2D eigenvalue weighted by Crippen LogP contribution is -2.36. The van der Waals surface area contributed by atoms with Crippen LogP contribution in [0, 0.1) is 5.92 Å². The lowest BCUT2D eigenvalue weighted by Gasteiger charge is -2.34. The Kier molecular flexibility index (Phi) is 11.1. The van der Waals surface area contributed by atoms with Crippen molar-refractivity contribution in [3.63, 3.8) is 0 Å². The molecule has 1 saturated heterocycles. The van der Waals surface area contributed by atoms with Crippen LogP contribution in [-0.4, -0.2) is 38.1 Å². The number of unbranched alkanes of at least 4 members (excludes halogenated alkanes) is 3. The molecule has 0 aliphatic carbocycles. The van der Waals surface area contributed by atoms with E-state index in [-0.39, 0.29) is 0 Å². The van der Waals surface area contributed by atoms with E-state index in [0.717, 1.165) is 24.8 Å². The molecule has 1 aliphatic heterocycles. The molecule has 1 unspecified atom stereocenters. The molecular weight excluding hydrogens is 328 g/mol. The van der Waals surface area contributed by atoms with E-state index in [9.17, 15) is 0 Å². The van der Waals surface area contributed by atoms with Gasteiger partial charge >= 0.3 is 0 Å². The van der Waals surface area contributed by atoms with Crippen molar-refractivity contribution < 1.29 is 0 Å². The minimum absolute atomic E-state index is 0.772. The lowest BCUT2D eigenvalue weighted by molar-refractivity contribution is 0.172. The molecule has 2 nitrogen and oxygen atoms in total. The number of benzene rings is 1. The average molecular weight is 373 g/mol. The quantitative estimate of drug-likeness (QED) is 0.426. The Hall–Kier alpha value is -0.860. The van der Waals surface area contributed by atoms with Crippen LogP contribution >= 0.6 is 0 Å². The van der Waals surface area contributed by atoms with E-state index < -0.39 is 0 Å². The summed E-state index contributed by atoms with van der Waals surface area (Å²) >= 11 is 0. The molecule has 0 saturated carbocycles. The standard InChI is InChI=1S/C25H44N2/c1-4-6-7-8-10-23(9-5-2)21-27-19-16-25(17-20-27)24-13-11-22(12-14-24)15-18-26-3/h11-14,23,25-26H,4-10,15-21H2,1-3H3. The third kappa shape index (κ3) is 8.35. The van der Waals surface area contributed by atoms with Crippen molar-refractivity contribution in [2.75, 3.05) is 33.2 Å². The van der Waals surface area contributed by atoms with Gasteiger partial charge in [0.1, 0.15) is 0 Å². The first-order chi connectivity index (χ1) is 13.3. The van der Waals surface area contributed by atoms with Gasteiger partial charge in [0.05, 0.1) is 0 Å². The molecule has 1 aliphatic rings. The molecule has 27 heavy (non-hydrogen) atoms. The number of likely N-dealkylation sites (N-methyl/N-ethyl adjacent to an activating group) is 1. The number of hydrogen-bond donors (Lipinski definition) is 1. The van der Waals surface area contributed by atoms with Crippen LogP contribution in [0.15, 0.2) is 24.3 Å². The average Bonchev–Trinajstić information content (AvgIpc) is 2.71. The zero-order chi connectivity index (χ0) is 19.3. The molecule has 2 rings (SSSR count). The minimum atomic E-state index is 0.772. The summed E-state index contributed by atoms with van der Waals surface area (Å²) in [6, 6.07) is 9.46. The van der Waals surface area contributed by atoms with Crippen molar-refractivity contribution in [2.45, 2.75) is 84.0 Å². The summed E-state index contributed by atoms with van der Waals surface area (Å²) in [5.74, 6) is 1.70. The van der Waals surface area contributed by atoms with E-state index in [2.05, 4.69) is 48.3 Å². The van der Waals surface area contributed by atoms with Gasteiger partial charge in [0.15, 0.2) is 0 Å². The second-order valence-electron chi connectivity index (χ2n) is 8.67. The monoisotopic (exact) mass is 372 g/mol. The summed E-state index contributed by atoms with van der Waals surface area (Å²) in [6.45, 7) is 9.66. The van der Waals surface area contributed by atoms with Crippen molar-refractivity contribution in [3.05, 3.63) is 35.4 Å². The molecular formula is C25H44N2. The van der Waals surface area contributed by atoms with E-state index in [4.69, 9.17) is 0 Å². The highest BCUT2D eigenvalue weighted by Gasteiger charge is 2.22. The summed E-state index contributed by atoms with van der Waals surface area (Å²) in [6.07, 6.45) is 13.6. The second-order valence-corrected chi connectivity index (χ2v) is 8.67. The molecule has 0 radical (unpaired) electrons. The third-order valence-electron chi connectivity index (χ3n) is 6.38. The SMILES string of the molecule is CCCCCCC(CCC)CN1CCC(c2ccc(CCNC)cc2)CC1. The number of likely N-dealkylation sites (tertiary alicyclic amines) is 1. The Labute approximate surface area is 169 Å². The molecule has 0 bridgehead atoms. The summed E-state index contributed by atoms with van der Waals surface area (Å²) in [5.41, 5.74) is 3.02. The van der Waals surface area contributed by atoms with Crippen molar-refractivity contribution in [3.8, 4) is 0 Å². The molecule has 1 N–H and O–H groups in total. The lowest BCUT2D eigenvalue weighted by atomic mass is 9.88. The van der Waals surface area contributed by atoms with Gasteiger partial charge in [-0.25, -0.2) is 0 Å². The minimum Gasteiger partial charge on any atom is -0.319 e. The largest absolute Gasteiger partial charge is 0.319 e. The summed E-state index contributed by atoms with van der Waals surface area (Å²) in [7, 11) is 2.03. The highest BCUT2D eigenvalue weighted by Crippen LogP contribution is 2.29. The predicted molar refractivity (Wildman–Crippen MR) is 120 cm³/mol. The van der Waals surface area contributed by atoms with Crippen LogP contribution in [0.2, 0.25) is 0 Å². The molecule has 1 atom stereocenters. The molecule has 0 spiro atoms. The van der Waals surface area contributed by atoms with Crippen molar-refractivity contribution >= 4 is 0 Å². The van der Waals surface area contributed by atoms with Crippen molar-refractivity contribution in [2.24, 2.45) is 5.92 Å². The summed E-state index contributed by atoms with van der Waals surface area (Å²) < 4.78 is 0. The highest BCUT2D eigenvalue weighted by molar-refractivity contribution is 5.26. The Morgan fingerprint density at radius 1 is 0.963 bits per heavy atom. The Balaban J connectivity index is 1.74. The topological polar surface area (TPSA) is 15.3 Å². The maximum absolute atomic E-state index is 3.24. The first-order valence-electron chi connectivity index (χ1n) is 11.7. The smallest absolute Gasteiger partial charge is 0.000966 e. The summed E-state index contributed by atoms with van der Waals surface area (Å²) in [4.78, 5) is 2.76. The van der Waals surface area contributed by atoms with E-state index in [1.807, 2.05) is 7.05 Å². The molecule has 0 amide bonds. The van der Waals surface area contributed by atoms with Gasteiger partial charge in [-0.3, -0.25) is 0 Å². The van der Waals surface area contributed by atoms with Gasteiger partial charge in [-0.05, 0) is 81.7 Å². The van der Waals surface area contributed by atoms with Gasteiger partial charge in [0.25, 0.3) is 0 Å². The third-order valence-corrected chi connectivity index (χ3v) is 6.38. The molecule has 154 valence electrons. The zero-order valence-corrected chi connectivity index (χ0v) is 18.3. The van der Waals surface area contributed by atoms with Gasteiger partial charge < -0.3 is 10.2 Å². The van der Waals surface area contributed by atoms with Crippen LogP contribution < -0.4 is 5.32 Å². The van der Waals surface area contributed by atoms with Crippen LogP contribution in [0.5, 0.6) is 0 Å². The summed E-state index contributed by atoms with van der Waals surface area (Å²) in [5, 5.41) is 3.24.